The van der Waals surface area contributed by atoms with E-state index in [9.17, 15) is 5.11 Å². The lowest BCUT2D eigenvalue weighted by molar-refractivity contribution is 0.174. The van der Waals surface area contributed by atoms with E-state index in [1.807, 2.05) is 13.1 Å². The Labute approximate surface area is 111 Å². The van der Waals surface area contributed by atoms with Gasteiger partial charge in [0.05, 0.1) is 24.3 Å². The summed E-state index contributed by atoms with van der Waals surface area (Å²) in [6.45, 7) is 0.915. The smallest absolute Gasteiger partial charge is 0.164 e. The fraction of sp³-hybridized carbons (Fsp3) is 0.308. The van der Waals surface area contributed by atoms with E-state index in [-0.39, 0.29) is 0 Å². The maximum atomic E-state index is 9.98. The summed E-state index contributed by atoms with van der Waals surface area (Å²) in [5.74, 6) is 0.689. The van der Waals surface area contributed by atoms with Crippen molar-refractivity contribution in [3.8, 4) is 6.07 Å². The Morgan fingerprint density at radius 1 is 1.42 bits per heavy atom. The molecule has 1 aromatic heterocycles. The Morgan fingerprint density at radius 2 is 2.16 bits per heavy atom. The minimum absolute atomic E-state index is 0.407. The Hall–Kier alpha value is -2.23. The molecule has 0 aliphatic carbocycles. The molecule has 1 unspecified atom stereocenters. The van der Waals surface area contributed by atoms with Gasteiger partial charge in [-0.3, -0.25) is 4.68 Å². The topological polar surface area (TPSA) is 86.8 Å². The van der Waals surface area contributed by atoms with E-state index < -0.39 is 6.10 Å². The first-order chi connectivity index (χ1) is 9.19. The molecule has 0 amide bonds. The molecule has 98 valence electrons. The van der Waals surface area contributed by atoms with E-state index in [0.717, 1.165) is 5.56 Å². The van der Waals surface area contributed by atoms with E-state index in [0.29, 0.717) is 24.5 Å². The largest absolute Gasteiger partial charge is 0.387 e. The fourth-order valence-corrected chi connectivity index (χ4v) is 1.68. The summed E-state index contributed by atoms with van der Waals surface area (Å²) in [4.78, 5) is 4.08. The molecule has 0 bridgehead atoms. The molecule has 2 aromatic rings. The molecule has 0 saturated heterocycles. The number of aromatic nitrogens is 3. The standard InChI is InChI=1S/C13H15N5O/c1-18-9-16-13(17-18)8-15-7-12(19)11-4-2-10(6-14)3-5-11/h2-5,9,12,15,19H,7-8H2,1H3. The van der Waals surface area contributed by atoms with Gasteiger partial charge in [0.15, 0.2) is 5.82 Å². The number of benzene rings is 1. The zero-order valence-electron chi connectivity index (χ0n) is 10.6. The molecule has 0 fully saturated rings. The predicted molar refractivity (Wildman–Crippen MR) is 68.8 cm³/mol. The van der Waals surface area contributed by atoms with Gasteiger partial charge in [0, 0.05) is 13.6 Å². The highest BCUT2D eigenvalue weighted by atomic mass is 16.3. The fourth-order valence-electron chi connectivity index (χ4n) is 1.68. The Bertz CT molecular complexity index is 569. The predicted octanol–water partition coefficient (Wildman–Crippen LogP) is 0.510. The quantitative estimate of drug-likeness (QED) is 0.815. The van der Waals surface area contributed by atoms with Crippen LogP contribution >= 0.6 is 0 Å². The van der Waals surface area contributed by atoms with Crippen LogP contribution in [0.2, 0.25) is 0 Å². The minimum Gasteiger partial charge on any atom is -0.387 e. The highest BCUT2D eigenvalue weighted by Gasteiger charge is 2.07. The van der Waals surface area contributed by atoms with Crippen LogP contribution in [-0.2, 0) is 13.6 Å². The van der Waals surface area contributed by atoms with E-state index in [4.69, 9.17) is 5.26 Å². The van der Waals surface area contributed by atoms with E-state index in [1.165, 1.54) is 0 Å². The van der Waals surface area contributed by atoms with Crippen molar-refractivity contribution in [3.63, 3.8) is 0 Å². The molecule has 2 N–H and O–H groups in total. The van der Waals surface area contributed by atoms with Crippen LogP contribution in [0.1, 0.15) is 23.1 Å². The van der Waals surface area contributed by atoms with Crippen molar-refractivity contribution < 1.29 is 5.11 Å². The lowest BCUT2D eigenvalue weighted by Gasteiger charge is -2.11. The average molecular weight is 257 g/mol. The van der Waals surface area contributed by atoms with Gasteiger partial charge in [-0.05, 0) is 17.7 Å². The van der Waals surface area contributed by atoms with Gasteiger partial charge in [0.25, 0.3) is 0 Å². The third kappa shape index (κ3) is 3.61. The zero-order chi connectivity index (χ0) is 13.7. The SMILES string of the molecule is Cn1cnc(CNCC(O)c2ccc(C#N)cc2)n1. The van der Waals surface area contributed by atoms with Crippen LogP contribution in [0.4, 0.5) is 0 Å². The molecule has 0 aliphatic heterocycles. The van der Waals surface area contributed by atoms with Gasteiger partial charge < -0.3 is 10.4 Å². The second-order valence-corrected chi connectivity index (χ2v) is 4.21. The van der Waals surface area contributed by atoms with E-state index in [2.05, 4.69) is 15.4 Å². The van der Waals surface area contributed by atoms with Crippen molar-refractivity contribution in [2.75, 3.05) is 6.54 Å². The summed E-state index contributed by atoms with van der Waals surface area (Å²) in [5.41, 5.74) is 1.36. The third-order valence-electron chi connectivity index (χ3n) is 2.69. The van der Waals surface area contributed by atoms with Crippen LogP contribution in [0, 0.1) is 11.3 Å². The molecule has 0 radical (unpaired) electrons. The van der Waals surface area contributed by atoms with E-state index in [1.54, 1.807) is 35.3 Å². The van der Waals surface area contributed by atoms with Crippen molar-refractivity contribution in [2.45, 2.75) is 12.6 Å². The molecule has 1 heterocycles. The summed E-state index contributed by atoms with van der Waals surface area (Å²) >= 11 is 0. The molecule has 6 heteroatoms. The number of nitrogens with zero attached hydrogens (tertiary/aromatic N) is 4. The molecule has 0 spiro atoms. The second-order valence-electron chi connectivity index (χ2n) is 4.21. The lowest BCUT2D eigenvalue weighted by atomic mass is 10.1. The summed E-state index contributed by atoms with van der Waals surface area (Å²) < 4.78 is 1.63. The highest BCUT2D eigenvalue weighted by molar-refractivity contribution is 5.32. The van der Waals surface area contributed by atoms with Crippen LogP contribution in [0.3, 0.4) is 0 Å². The van der Waals surface area contributed by atoms with Crippen LogP contribution in [0.5, 0.6) is 0 Å². The first kappa shape index (κ1) is 13.2. The van der Waals surface area contributed by atoms with Crippen LogP contribution in [0.25, 0.3) is 0 Å². The maximum absolute atomic E-state index is 9.98. The maximum Gasteiger partial charge on any atom is 0.164 e. The number of hydrogen-bond donors (Lipinski definition) is 2. The summed E-state index contributed by atoms with van der Waals surface area (Å²) in [6.07, 6.45) is 1.02. The first-order valence-corrected chi connectivity index (χ1v) is 5.92. The van der Waals surface area contributed by atoms with Crippen molar-refractivity contribution in [3.05, 3.63) is 47.5 Å². The van der Waals surface area contributed by atoms with Gasteiger partial charge in [0.1, 0.15) is 6.33 Å². The number of nitrogens with one attached hydrogen (secondary N) is 1. The number of aryl methyl sites for hydroxylation is 1. The Balaban J connectivity index is 1.83. The van der Waals surface area contributed by atoms with E-state index >= 15 is 0 Å². The van der Waals surface area contributed by atoms with Crippen molar-refractivity contribution in [2.24, 2.45) is 7.05 Å². The van der Waals surface area contributed by atoms with Crippen LogP contribution < -0.4 is 5.32 Å². The van der Waals surface area contributed by atoms with Crippen molar-refractivity contribution >= 4 is 0 Å². The van der Waals surface area contributed by atoms with Gasteiger partial charge in [-0.15, -0.1) is 0 Å². The number of aliphatic hydroxyl groups is 1. The second kappa shape index (κ2) is 6.09. The number of nitriles is 1. The molecule has 0 saturated carbocycles. The molecular weight excluding hydrogens is 242 g/mol. The third-order valence-corrected chi connectivity index (χ3v) is 2.69. The van der Waals surface area contributed by atoms with Crippen LogP contribution in [-0.4, -0.2) is 26.4 Å². The van der Waals surface area contributed by atoms with Crippen molar-refractivity contribution in [1.29, 1.82) is 5.26 Å². The molecule has 19 heavy (non-hydrogen) atoms. The summed E-state index contributed by atoms with van der Waals surface area (Å²) in [5, 5.41) is 25.9. The van der Waals surface area contributed by atoms with Gasteiger partial charge in [-0.2, -0.15) is 10.4 Å². The molecule has 2 rings (SSSR count). The monoisotopic (exact) mass is 257 g/mol. The number of aliphatic hydroxyl groups excluding tert-OH is 1. The molecule has 6 nitrogen and oxygen atoms in total. The molecule has 1 aromatic carbocycles. The summed E-state index contributed by atoms with van der Waals surface area (Å²) in [7, 11) is 1.81. The van der Waals surface area contributed by atoms with Gasteiger partial charge >= 0.3 is 0 Å². The molecular formula is C13H15N5O. The zero-order valence-corrected chi connectivity index (χ0v) is 10.6. The lowest BCUT2D eigenvalue weighted by Crippen LogP contribution is -2.21. The summed E-state index contributed by atoms with van der Waals surface area (Å²) in [6, 6.07) is 8.94. The van der Waals surface area contributed by atoms with Gasteiger partial charge in [-0.25, -0.2) is 4.98 Å². The van der Waals surface area contributed by atoms with Crippen LogP contribution in [0.15, 0.2) is 30.6 Å². The number of rotatable bonds is 5. The minimum atomic E-state index is -0.614. The number of hydrogen-bond acceptors (Lipinski definition) is 5. The Morgan fingerprint density at radius 3 is 2.74 bits per heavy atom. The first-order valence-electron chi connectivity index (χ1n) is 5.92. The molecule has 1 atom stereocenters. The Kier molecular flexibility index (Phi) is 4.23. The normalized spacial score (nSPS) is 12.1. The van der Waals surface area contributed by atoms with Gasteiger partial charge in [-0.1, -0.05) is 12.1 Å². The van der Waals surface area contributed by atoms with Gasteiger partial charge in [0.2, 0.25) is 0 Å². The average Bonchev–Trinajstić information content (AvgIpc) is 2.84. The molecule has 0 aliphatic rings. The van der Waals surface area contributed by atoms with Crippen molar-refractivity contribution in [1.82, 2.24) is 20.1 Å². The highest BCUT2D eigenvalue weighted by Crippen LogP contribution is 2.12.